The Balaban J connectivity index is 0.780. The van der Waals surface area contributed by atoms with Gasteiger partial charge in [0.05, 0.1) is 32.1 Å². The molecule has 1 aliphatic carbocycles. The second-order valence-electron chi connectivity index (χ2n) is 22.5. The van der Waals surface area contributed by atoms with E-state index in [2.05, 4.69) is 31.9 Å². The molecule has 4 aliphatic heterocycles. The number of amides is 2. The van der Waals surface area contributed by atoms with Crippen LogP contribution in [0, 0.1) is 17.1 Å². The molecular formula is C62H68FN11O6. The van der Waals surface area contributed by atoms with E-state index in [1.54, 1.807) is 15.8 Å². The van der Waals surface area contributed by atoms with Crippen molar-refractivity contribution in [2.75, 3.05) is 50.1 Å². The minimum Gasteiger partial charge on any atom is -0.505 e. The Kier molecular flexibility index (Phi) is 14.8. The zero-order valence-electron chi connectivity index (χ0n) is 45.2. The van der Waals surface area contributed by atoms with E-state index in [9.17, 15) is 19.8 Å². The van der Waals surface area contributed by atoms with E-state index < -0.39 is 23.9 Å². The van der Waals surface area contributed by atoms with Crippen molar-refractivity contribution >= 4 is 40.4 Å². The van der Waals surface area contributed by atoms with Crippen LogP contribution < -0.4 is 26.0 Å². The summed E-state index contributed by atoms with van der Waals surface area (Å²) in [6.45, 7) is 6.75. The number of nitrogens with one attached hydrogen (secondary N) is 3. The summed E-state index contributed by atoms with van der Waals surface area (Å²) in [5, 5.41) is 48.0. The molecule has 5 aliphatic rings. The van der Waals surface area contributed by atoms with Gasteiger partial charge in [-0.25, -0.2) is 9.07 Å². The highest BCUT2D eigenvalue weighted by atomic mass is 19.1. The number of likely N-dealkylation sites (tertiary alicyclic amines) is 1. The van der Waals surface area contributed by atoms with Crippen molar-refractivity contribution in [1.82, 2.24) is 40.5 Å². The third kappa shape index (κ3) is 10.4. The highest BCUT2D eigenvalue weighted by Crippen LogP contribution is 2.53. The van der Waals surface area contributed by atoms with Crippen molar-refractivity contribution in [3.63, 3.8) is 0 Å². The molecule has 2 aromatic heterocycles. The summed E-state index contributed by atoms with van der Waals surface area (Å²) in [6, 6.07) is 27.5. The van der Waals surface area contributed by atoms with Crippen molar-refractivity contribution in [2.24, 2.45) is 5.92 Å². The summed E-state index contributed by atoms with van der Waals surface area (Å²) in [5.41, 5.74) is 14.4. The third-order valence-corrected chi connectivity index (χ3v) is 16.9. The van der Waals surface area contributed by atoms with Crippen LogP contribution in [-0.4, -0.2) is 122 Å². The highest BCUT2D eigenvalue weighted by Gasteiger charge is 2.42. The summed E-state index contributed by atoms with van der Waals surface area (Å²) in [4.78, 5) is 42.3. The number of ether oxygens (including phenoxy) is 2. The van der Waals surface area contributed by atoms with Gasteiger partial charge in [-0.3, -0.25) is 9.59 Å². The van der Waals surface area contributed by atoms with Gasteiger partial charge in [-0.2, -0.15) is 9.97 Å². The number of anilines is 2. The first kappa shape index (κ1) is 52.9. The molecule has 0 spiro atoms. The number of aryl methyl sites for hydroxylation is 1. The SMILES string of the molecule is CC(C)C(C(=O)N1CCCC1C(=O)NC(CO)c1ccc(-c2ccccc2)cc1)n1cc(-c2ccc(CCc3c(F)cc(N)c(C=N)c3-c3c(C4CC4)cc4c(N5CC6CC5CN6)nc(OC5CCOCC5)nc4c3O)cc2)nn1. The Morgan fingerprint density at radius 2 is 1.70 bits per heavy atom. The molecule has 2 amide bonds. The van der Waals surface area contributed by atoms with E-state index in [0.29, 0.717) is 103 Å². The number of piperazine rings is 1. The number of nitrogens with zero attached hydrogens (tertiary/aromatic N) is 7. The van der Waals surface area contributed by atoms with Gasteiger partial charge in [0.25, 0.3) is 0 Å². The summed E-state index contributed by atoms with van der Waals surface area (Å²) in [5.74, 6) is -0.563. The van der Waals surface area contributed by atoms with E-state index >= 15 is 4.39 Å². The van der Waals surface area contributed by atoms with Crippen LogP contribution in [0.15, 0.2) is 97.2 Å². The predicted molar refractivity (Wildman–Crippen MR) is 304 cm³/mol. The number of phenolic OH excluding ortho intramolecular Hbond substituents is 1. The van der Waals surface area contributed by atoms with Gasteiger partial charge in [-0.15, -0.1) is 5.10 Å². The molecule has 18 heteroatoms. The number of benzene rings is 5. The Hall–Kier alpha value is -7.80. The number of hydrogen-bond donors (Lipinski definition) is 6. The fourth-order valence-electron chi connectivity index (χ4n) is 12.5. The second-order valence-corrected chi connectivity index (χ2v) is 22.5. The largest absolute Gasteiger partial charge is 0.505 e. The second kappa shape index (κ2) is 22.4. The fourth-order valence-corrected chi connectivity index (χ4v) is 12.5. The molecule has 414 valence electrons. The number of phenols is 1. The molecule has 17 nitrogen and oxygen atoms in total. The Bertz CT molecular complexity index is 3440. The fraction of sp³-hybridized carbons (Fsp3) is 0.403. The van der Waals surface area contributed by atoms with Crippen molar-refractivity contribution in [2.45, 2.75) is 114 Å². The van der Waals surface area contributed by atoms with E-state index in [0.717, 1.165) is 71.9 Å². The van der Waals surface area contributed by atoms with Crippen LogP contribution in [0.1, 0.15) is 105 Å². The van der Waals surface area contributed by atoms with Crippen LogP contribution in [0.2, 0.25) is 0 Å². The lowest BCUT2D eigenvalue weighted by Gasteiger charge is -2.30. The number of carbonyl (C=O) groups is 2. The first-order valence-corrected chi connectivity index (χ1v) is 28.3. The molecule has 5 fully saturated rings. The van der Waals surface area contributed by atoms with Gasteiger partial charge in [0.1, 0.15) is 46.8 Å². The monoisotopic (exact) mass is 1080 g/mol. The molecule has 5 aromatic carbocycles. The van der Waals surface area contributed by atoms with Crippen molar-refractivity contribution in [3.8, 4) is 45.3 Å². The van der Waals surface area contributed by atoms with Crippen LogP contribution >= 0.6 is 0 Å². The standard InChI is InChI=1S/C62H68FN11O6/c1-35(2)57(61(78)72-24-6-9-53(72)60(77)67-52(34-75)41-19-15-38(16-20-41)37-7-4-3-5-8-37)74-33-51(70-71-74)40-13-10-36(11-14-40)12-21-45-49(63)29-50(65)48(30-64)54(45)55-46(39-17-18-39)28-47-56(58(55)76)68-62(80-44-22-25-79-26-23-44)69-59(47)73-32-42-27-43(73)31-66-42/h3-5,7-8,10-11,13-16,19-20,28-30,33,35,39,42-44,52-53,57,64,66,75-76H,6,9,12,17-18,21-27,31-32,34,65H2,1-2H3,(H,67,77). The summed E-state index contributed by atoms with van der Waals surface area (Å²) in [7, 11) is 0. The average molecular weight is 1080 g/mol. The van der Waals surface area contributed by atoms with E-state index in [-0.39, 0.29) is 66.3 Å². The van der Waals surface area contributed by atoms with Crippen molar-refractivity contribution in [1.29, 1.82) is 5.41 Å². The number of aromatic nitrogens is 5. The number of halogens is 1. The zero-order chi connectivity index (χ0) is 55.2. The van der Waals surface area contributed by atoms with Crippen LogP contribution in [0.4, 0.5) is 15.9 Å². The van der Waals surface area contributed by atoms with Crippen LogP contribution in [0.5, 0.6) is 11.8 Å². The molecule has 2 bridgehead atoms. The number of hydrogen-bond acceptors (Lipinski definition) is 14. The number of aliphatic hydroxyl groups excluding tert-OH is 1. The maximum absolute atomic E-state index is 16.7. The summed E-state index contributed by atoms with van der Waals surface area (Å²) < 4.78 is 30.3. The van der Waals surface area contributed by atoms with E-state index in [1.807, 2.05) is 92.7 Å². The summed E-state index contributed by atoms with van der Waals surface area (Å²) >= 11 is 0. The van der Waals surface area contributed by atoms with Crippen LogP contribution in [0.3, 0.4) is 0 Å². The number of rotatable bonds is 18. The lowest BCUT2D eigenvalue weighted by Crippen LogP contribution is -2.50. The molecule has 5 atom stereocenters. The van der Waals surface area contributed by atoms with E-state index in [4.69, 9.17) is 30.6 Å². The van der Waals surface area contributed by atoms with Gasteiger partial charge in [0, 0.05) is 84.1 Å². The average Bonchev–Trinajstić information content (AvgIpc) is 3.84. The molecule has 0 radical (unpaired) electrons. The number of nitrogens with two attached hydrogens (primary N) is 1. The van der Waals surface area contributed by atoms with Crippen LogP contribution in [0.25, 0.3) is 44.4 Å². The Morgan fingerprint density at radius 3 is 2.39 bits per heavy atom. The Labute approximate surface area is 464 Å². The first-order chi connectivity index (χ1) is 38.9. The van der Waals surface area contributed by atoms with Gasteiger partial charge in [-0.1, -0.05) is 97.9 Å². The first-order valence-electron chi connectivity index (χ1n) is 28.3. The van der Waals surface area contributed by atoms with Gasteiger partial charge in [0.2, 0.25) is 11.8 Å². The van der Waals surface area contributed by atoms with E-state index in [1.165, 1.54) is 6.07 Å². The van der Waals surface area contributed by atoms with Crippen LogP contribution in [-0.2, 0) is 27.2 Å². The maximum Gasteiger partial charge on any atom is 0.319 e. The number of nitrogen functional groups attached to an aromatic ring is 1. The topological polar surface area (TPSA) is 230 Å². The molecule has 7 aromatic rings. The number of aromatic hydroxyl groups is 1. The van der Waals surface area contributed by atoms with Crippen molar-refractivity contribution < 1.29 is 33.7 Å². The molecule has 12 rings (SSSR count). The smallest absolute Gasteiger partial charge is 0.319 e. The quantitative estimate of drug-likeness (QED) is 0.0351. The molecular weight excluding hydrogens is 1010 g/mol. The van der Waals surface area contributed by atoms with Gasteiger partial charge < -0.3 is 51.3 Å². The third-order valence-electron chi connectivity index (χ3n) is 16.9. The number of fused-ring (bicyclic) bond motifs is 3. The highest BCUT2D eigenvalue weighted by molar-refractivity contribution is 6.05. The maximum atomic E-state index is 16.7. The predicted octanol–water partition coefficient (Wildman–Crippen LogP) is 8.46. The molecule has 7 N–H and O–H groups in total. The van der Waals surface area contributed by atoms with Gasteiger partial charge in [0.15, 0.2) is 0 Å². The normalized spacial score (nSPS) is 19.9. The molecule has 6 heterocycles. The van der Waals surface area contributed by atoms with Crippen molar-refractivity contribution in [3.05, 3.63) is 131 Å². The molecule has 80 heavy (non-hydrogen) atoms. The van der Waals surface area contributed by atoms with Gasteiger partial charge in [-0.05, 0) is 102 Å². The minimum absolute atomic E-state index is 0.0997. The number of carbonyl (C=O) groups excluding carboxylic acids is 2. The lowest BCUT2D eigenvalue weighted by atomic mass is 9.85. The van der Waals surface area contributed by atoms with Gasteiger partial charge >= 0.3 is 6.01 Å². The minimum atomic E-state index is -0.736. The lowest BCUT2D eigenvalue weighted by molar-refractivity contribution is -0.142. The molecule has 1 saturated carbocycles. The molecule has 4 saturated heterocycles. The number of aliphatic hydroxyl groups is 1. The Morgan fingerprint density at radius 1 is 0.950 bits per heavy atom. The zero-order valence-corrected chi connectivity index (χ0v) is 45.2. The molecule has 5 unspecified atom stereocenters. The summed E-state index contributed by atoms with van der Waals surface area (Å²) in [6.07, 6.45) is 8.72.